The van der Waals surface area contributed by atoms with Crippen molar-refractivity contribution in [1.29, 1.82) is 0 Å². The Morgan fingerprint density at radius 1 is 1.00 bits per heavy atom. The van der Waals surface area contributed by atoms with Gasteiger partial charge in [-0.05, 0) is 87.6 Å². The third-order valence-corrected chi connectivity index (χ3v) is 4.00. The summed E-state index contributed by atoms with van der Waals surface area (Å²) in [5.41, 5.74) is 1.25. The number of hydrogen-bond acceptors (Lipinski definition) is 1. The van der Waals surface area contributed by atoms with Gasteiger partial charge < -0.3 is 5.32 Å². The van der Waals surface area contributed by atoms with Gasteiger partial charge in [0.05, 0.1) is 10.7 Å². The maximum absolute atomic E-state index is 12.0. The Morgan fingerprint density at radius 3 is 2.28 bits per heavy atom. The number of rotatable bonds is 2. The number of amides is 1. The second kappa shape index (κ2) is 6.21. The summed E-state index contributed by atoms with van der Waals surface area (Å²) >= 11 is 10.4. The highest BCUT2D eigenvalue weighted by molar-refractivity contribution is 14.1. The molecule has 0 heterocycles. The average molecular weight is 483 g/mol. The lowest BCUT2D eigenvalue weighted by Gasteiger charge is -2.07. The lowest BCUT2D eigenvalue weighted by Crippen LogP contribution is -2.12. The van der Waals surface area contributed by atoms with Crippen LogP contribution in [0.15, 0.2) is 42.5 Å². The monoisotopic (exact) mass is 483 g/mol. The molecule has 0 bridgehead atoms. The van der Waals surface area contributed by atoms with Crippen LogP contribution in [-0.2, 0) is 0 Å². The molecule has 2 aromatic rings. The number of benzene rings is 2. The normalized spacial score (nSPS) is 10.2. The second-order valence-corrected chi connectivity index (χ2v) is 6.48. The molecule has 2 rings (SSSR count). The summed E-state index contributed by atoms with van der Waals surface area (Å²) in [4.78, 5) is 12.0. The van der Waals surface area contributed by atoms with Crippen LogP contribution >= 0.6 is 56.8 Å². The molecule has 0 atom stereocenters. The Balaban J connectivity index is 2.21. The van der Waals surface area contributed by atoms with E-state index < -0.39 is 0 Å². The third-order valence-electron chi connectivity index (χ3n) is 2.28. The zero-order chi connectivity index (χ0) is 13.1. The van der Waals surface area contributed by atoms with Gasteiger partial charge in [-0.15, -0.1) is 0 Å². The second-order valence-electron chi connectivity index (χ2n) is 3.59. The highest BCUT2D eigenvalue weighted by atomic mass is 127. The van der Waals surface area contributed by atoms with Crippen LogP contribution in [0.1, 0.15) is 10.4 Å². The number of hydrogen-bond donors (Lipinski definition) is 1. The molecule has 18 heavy (non-hydrogen) atoms. The fourth-order valence-electron chi connectivity index (χ4n) is 1.39. The summed E-state index contributed by atoms with van der Waals surface area (Å²) < 4.78 is 2.12. The van der Waals surface area contributed by atoms with Gasteiger partial charge in [-0.25, -0.2) is 0 Å². The van der Waals surface area contributed by atoms with E-state index in [2.05, 4.69) is 50.5 Å². The molecule has 2 aromatic carbocycles. The van der Waals surface area contributed by atoms with Gasteiger partial charge >= 0.3 is 0 Å². The standard InChI is InChI=1S/C13H8ClI2NO/c14-11-6-5-10(16)7-12(11)17-13(18)8-1-3-9(15)4-2-8/h1-7H,(H,17,18). The van der Waals surface area contributed by atoms with Gasteiger partial charge in [-0.2, -0.15) is 0 Å². The maximum atomic E-state index is 12.0. The van der Waals surface area contributed by atoms with Gasteiger partial charge in [0, 0.05) is 12.7 Å². The Morgan fingerprint density at radius 2 is 1.61 bits per heavy atom. The van der Waals surface area contributed by atoms with Gasteiger partial charge in [-0.1, -0.05) is 11.6 Å². The van der Waals surface area contributed by atoms with Crippen LogP contribution in [0.5, 0.6) is 0 Å². The molecule has 2 nitrogen and oxygen atoms in total. The predicted molar refractivity (Wildman–Crippen MR) is 91.3 cm³/mol. The Hall–Kier alpha value is -0.340. The Bertz CT molecular complexity index is 584. The van der Waals surface area contributed by atoms with E-state index in [-0.39, 0.29) is 5.91 Å². The third kappa shape index (κ3) is 3.58. The van der Waals surface area contributed by atoms with E-state index in [1.807, 2.05) is 24.3 Å². The largest absolute Gasteiger partial charge is 0.321 e. The molecule has 0 saturated carbocycles. The van der Waals surface area contributed by atoms with E-state index in [0.29, 0.717) is 16.3 Å². The quantitative estimate of drug-likeness (QED) is 0.611. The predicted octanol–water partition coefficient (Wildman–Crippen LogP) is 4.80. The van der Waals surface area contributed by atoms with E-state index in [4.69, 9.17) is 11.6 Å². The van der Waals surface area contributed by atoms with Crippen molar-refractivity contribution in [3.05, 3.63) is 60.2 Å². The van der Waals surface area contributed by atoms with Crippen molar-refractivity contribution < 1.29 is 4.79 Å². The smallest absolute Gasteiger partial charge is 0.255 e. The van der Waals surface area contributed by atoms with Gasteiger partial charge in [0.15, 0.2) is 0 Å². The summed E-state index contributed by atoms with van der Waals surface area (Å²) in [6.07, 6.45) is 0. The van der Waals surface area contributed by atoms with Crippen molar-refractivity contribution in [3.63, 3.8) is 0 Å². The van der Waals surface area contributed by atoms with Crippen LogP contribution in [0.2, 0.25) is 5.02 Å². The van der Waals surface area contributed by atoms with Crippen molar-refractivity contribution in [2.24, 2.45) is 0 Å². The highest BCUT2D eigenvalue weighted by Crippen LogP contribution is 2.24. The molecule has 5 heteroatoms. The Labute approximate surface area is 137 Å². The maximum Gasteiger partial charge on any atom is 0.255 e. The van der Waals surface area contributed by atoms with Crippen molar-refractivity contribution in [3.8, 4) is 0 Å². The Kier molecular flexibility index (Phi) is 4.85. The molecular weight excluding hydrogens is 475 g/mol. The lowest BCUT2D eigenvalue weighted by molar-refractivity contribution is 0.102. The highest BCUT2D eigenvalue weighted by Gasteiger charge is 2.08. The summed E-state index contributed by atoms with van der Waals surface area (Å²) in [7, 11) is 0. The number of carbonyl (C=O) groups is 1. The first kappa shape index (κ1) is 14.1. The molecule has 0 aliphatic heterocycles. The van der Waals surface area contributed by atoms with Crippen LogP contribution in [0.25, 0.3) is 0 Å². The number of carbonyl (C=O) groups excluding carboxylic acids is 1. The van der Waals surface area contributed by atoms with Gasteiger partial charge in [0.25, 0.3) is 5.91 Å². The van der Waals surface area contributed by atoms with E-state index >= 15 is 0 Å². The number of nitrogens with one attached hydrogen (secondary N) is 1. The van der Waals surface area contributed by atoms with E-state index in [9.17, 15) is 4.79 Å². The number of halogens is 3. The fourth-order valence-corrected chi connectivity index (χ4v) is 2.40. The van der Waals surface area contributed by atoms with Crippen LogP contribution in [0.4, 0.5) is 5.69 Å². The van der Waals surface area contributed by atoms with Crippen LogP contribution < -0.4 is 5.32 Å². The summed E-state index contributed by atoms with van der Waals surface area (Å²) in [6.45, 7) is 0. The molecule has 0 unspecified atom stereocenters. The zero-order valence-corrected chi connectivity index (χ0v) is 14.2. The molecule has 0 spiro atoms. The fraction of sp³-hybridized carbons (Fsp3) is 0. The molecule has 1 amide bonds. The molecule has 0 saturated heterocycles. The molecule has 0 aliphatic rings. The minimum atomic E-state index is -0.157. The lowest BCUT2D eigenvalue weighted by atomic mass is 10.2. The number of anilines is 1. The van der Waals surface area contributed by atoms with Crippen molar-refractivity contribution in [2.75, 3.05) is 5.32 Å². The molecule has 0 aliphatic carbocycles. The first-order valence-electron chi connectivity index (χ1n) is 5.08. The molecular formula is C13H8ClI2NO. The van der Waals surface area contributed by atoms with Crippen LogP contribution in [-0.4, -0.2) is 5.91 Å². The molecule has 0 radical (unpaired) electrons. The first-order chi connectivity index (χ1) is 8.56. The van der Waals surface area contributed by atoms with E-state index in [0.717, 1.165) is 7.14 Å². The van der Waals surface area contributed by atoms with Crippen molar-refractivity contribution in [1.82, 2.24) is 0 Å². The topological polar surface area (TPSA) is 29.1 Å². The summed E-state index contributed by atoms with van der Waals surface area (Å²) in [6, 6.07) is 12.9. The molecule has 0 aromatic heterocycles. The van der Waals surface area contributed by atoms with Gasteiger partial charge in [0.1, 0.15) is 0 Å². The summed E-state index contributed by atoms with van der Waals surface area (Å²) in [5.74, 6) is -0.157. The zero-order valence-electron chi connectivity index (χ0n) is 9.08. The molecule has 92 valence electrons. The van der Waals surface area contributed by atoms with Crippen molar-refractivity contribution in [2.45, 2.75) is 0 Å². The minimum absolute atomic E-state index is 0.157. The van der Waals surface area contributed by atoms with E-state index in [1.165, 1.54) is 0 Å². The average Bonchev–Trinajstić information content (AvgIpc) is 2.34. The van der Waals surface area contributed by atoms with Crippen LogP contribution in [0.3, 0.4) is 0 Å². The molecule has 1 N–H and O–H groups in total. The van der Waals surface area contributed by atoms with Crippen LogP contribution in [0, 0.1) is 7.14 Å². The first-order valence-corrected chi connectivity index (χ1v) is 7.62. The van der Waals surface area contributed by atoms with Gasteiger partial charge in [-0.3, -0.25) is 4.79 Å². The minimum Gasteiger partial charge on any atom is -0.321 e. The SMILES string of the molecule is O=C(Nc1cc(I)ccc1Cl)c1ccc(I)cc1. The van der Waals surface area contributed by atoms with Gasteiger partial charge in [0.2, 0.25) is 0 Å². The van der Waals surface area contributed by atoms with E-state index in [1.54, 1.807) is 18.2 Å². The summed E-state index contributed by atoms with van der Waals surface area (Å²) in [5, 5.41) is 3.35. The van der Waals surface area contributed by atoms with Crippen molar-refractivity contribution >= 4 is 68.4 Å². The molecule has 0 fully saturated rings.